The molecule has 2 N–H and O–H groups in total. The molecular weight excluding hydrogens is 286 g/mol. The van der Waals surface area contributed by atoms with E-state index in [9.17, 15) is 14.4 Å². The van der Waals surface area contributed by atoms with Crippen molar-refractivity contribution in [1.82, 2.24) is 5.32 Å². The number of carbonyl (C=O) groups excluding carboxylic acids is 2. The van der Waals surface area contributed by atoms with Crippen molar-refractivity contribution in [1.29, 1.82) is 0 Å². The lowest BCUT2D eigenvalue weighted by molar-refractivity contribution is -0.143. The predicted octanol–water partition coefficient (Wildman–Crippen LogP) is 2.03. The Kier molecular flexibility index (Phi) is 7.08. The highest BCUT2D eigenvalue weighted by molar-refractivity contribution is 5.86. The summed E-state index contributed by atoms with van der Waals surface area (Å²) in [4.78, 5) is 33.7. The molecule has 0 fully saturated rings. The first kappa shape index (κ1) is 17.7. The molecule has 2 unspecified atom stereocenters. The summed E-state index contributed by atoms with van der Waals surface area (Å²) in [5.41, 5.74) is 0.509. The number of aldehydes is 1. The van der Waals surface area contributed by atoms with Gasteiger partial charge in [-0.1, -0.05) is 19.8 Å². The number of unbranched alkanes of at least 4 members (excludes halogenated alkanes) is 1. The molecule has 0 aliphatic rings. The van der Waals surface area contributed by atoms with Crippen LogP contribution in [-0.4, -0.2) is 35.4 Å². The van der Waals surface area contributed by atoms with E-state index in [2.05, 4.69) is 5.32 Å². The first-order chi connectivity index (χ1) is 10.5. The fourth-order valence-electron chi connectivity index (χ4n) is 1.84. The molecule has 1 aromatic rings. The van der Waals surface area contributed by atoms with Gasteiger partial charge in [0.15, 0.2) is 6.10 Å². The number of rotatable bonds is 9. The van der Waals surface area contributed by atoms with Crippen LogP contribution in [0.1, 0.15) is 43.5 Å². The van der Waals surface area contributed by atoms with E-state index in [4.69, 9.17) is 9.84 Å². The van der Waals surface area contributed by atoms with E-state index in [-0.39, 0.29) is 0 Å². The van der Waals surface area contributed by atoms with Crippen molar-refractivity contribution in [2.75, 3.05) is 0 Å². The molecule has 0 spiro atoms. The highest BCUT2D eigenvalue weighted by atomic mass is 16.5. The topological polar surface area (TPSA) is 92.7 Å². The summed E-state index contributed by atoms with van der Waals surface area (Å²) in [6, 6.07) is 5.41. The minimum absolute atomic E-state index is 0.387. The summed E-state index contributed by atoms with van der Waals surface area (Å²) in [6.07, 6.45) is 1.85. The number of ether oxygens (including phenoxy) is 1. The second kappa shape index (κ2) is 8.81. The van der Waals surface area contributed by atoms with Crippen molar-refractivity contribution in [2.24, 2.45) is 0 Å². The molecule has 1 aromatic carbocycles. The summed E-state index contributed by atoms with van der Waals surface area (Å²) >= 11 is 0. The van der Waals surface area contributed by atoms with Crippen LogP contribution in [0.15, 0.2) is 24.3 Å². The maximum atomic E-state index is 12.0. The van der Waals surface area contributed by atoms with Crippen LogP contribution in [0.3, 0.4) is 0 Å². The van der Waals surface area contributed by atoms with Gasteiger partial charge >= 0.3 is 5.97 Å². The van der Waals surface area contributed by atoms with E-state index in [1.54, 1.807) is 31.2 Å². The van der Waals surface area contributed by atoms with E-state index < -0.39 is 24.0 Å². The zero-order valence-electron chi connectivity index (χ0n) is 12.7. The minimum Gasteiger partial charge on any atom is -0.481 e. The Morgan fingerprint density at radius 2 is 1.95 bits per heavy atom. The zero-order chi connectivity index (χ0) is 16.5. The molecule has 2 atom stereocenters. The largest absolute Gasteiger partial charge is 0.481 e. The van der Waals surface area contributed by atoms with Gasteiger partial charge in [-0.05, 0) is 37.6 Å². The van der Waals surface area contributed by atoms with Gasteiger partial charge < -0.3 is 15.2 Å². The third kappa shape index (κ3) is 5.55. The summed E-state index contributed by atoms with van der Waals surface area (Å²) in [6.45, 7) is 3.50. The number of hydrogen-bond donors (Lipinski definition) is 2. The highest BCUT2D eigenvalue weighted by Crippen LogP contribution is 2.13. The van der Waals surface area contributed by atoms with Crippen LogP contribution < -0.4 is 10.1 Å². The smallest absolute Gasteiger partial charge is 0.326 e. The summed E-state index contributed by atoms with van der Waals surface area (Å²) < 4.78 is 5.44. The van der Waals surface area contributed by atoms with Crippen molar-refractivity contribution in [3.63, 3.8) is 0 Å². The van der Waals surface area contributed by atoms with E-state index in [1.165, 1.54) is 0 Å². The Morgan fingerprint density at radius 3 is 2.45 bits per heavy atom. The number of amides is 1. The molecule has 0 heterocycles. The molecule has 22 heavy (non-hydrogen) atoms. The molecule has 0 radical (unpaired) electrons. The molecule has 1 amide bonds. The van der Waals surface area contributed by atoms with Crippen LogP contribution in [-0.2, 0) is 9.59 Å². The van der Waals surface area contributed by atoms with Crippen molar-refractivity contribution >= 4 is 18.2 Å². The molecule has 6 nitrogen and oxygen atoms in total. The van der Waals surface area contributed by atoms with Gasteiger partial charge in [-0.3, -0.25) is 9.59 Å². The fraction of sp³-hybridized carbons (Fsp3) is 0.438. The SMILES string of the molecule is CCCCC(NC(=O)C(C)Oc1ccc(C=O)cc1)C(=O)O. The quantitative estimate of drug-likeness (QED) is 0.681. The van der Waals surface area contributed by atoms with Gasteiger partial charge in [0.05, 0.1) is 0 Å². The average molecular weight is 307 g/mol. The van der Waals surface area contributed by atoms with Crippen LogP contribution in [0.4, 0.5) is 0 Å². The molecular formula is C16H21NO5. The lowest BCUT2D eigenvalue weighted by Crippen LogP contribution is -2.46. The molecule has 1 rings (SSSR count). The summed E-state index contributed by atoms with van der Waals surface area (Å²) in [5, 5.41) is 11.6. The van der Waals surface area contributed by atoms with E-state index in [0.29, 0.717) is 24.0 Å². The zero-order valence-corrected chi connectivity index (χ0v) is 12.7. The van der Waals surface area contributed by atoms with Gasteiger partial charge in [-0.25, -0.2) is 4.79 Å². The van der Waals surface area contributed by atoms with Gasteiger partial charge in [0.25, 0.3) is 5.91 Å². The van der Waals surface area contributed by atoms with E-state index >= 15 is 0 Å². The third-order valence-corrected chi connectivity index (χ3v) is 3.16. The lowest BCUT2D eigenvalue weighted by atomic mass is 10.1. The van der Waals surface area contributed by atoms with Crippen LogP contribution in [0.25, 0.3) is 0 Å². The number of hydrogen-bond acceptors (Lipinski definition) is 4. The third-order valence-electron chi connectivity index (χ3n) is 3.16. The minimum atomic E-state index is -1.05. The Labute approximate surface area is 129 Å². The summed E-state index contributed by atoms with van der Waals surface area (Å²) in [7, 11) is 0. The fourth-order valence-corrected chi connectivity index (χ4v) is 1.84. The average Bonchev–Trinajstić information content (AvgIpc) is 2.51. The Balaban J connectivity index is 2.58. The Morgan fingerprint density at radius 1 is 1.32 bits per heavy atom. The molecule has 0 aliphatic carbocycles. The number of benzene rings is 1. The second-order valence-corrected chi connectivity index (χ2v) is 4.99. The molecule has 6 heteroatoms. The maximum Gasteiger partial charge on any atom is 0.326 e. The number of carbonyl (C=O) groups is 3. The van der Waals surface area contributed by atoms with E-state index in [0.717, 1.165) is 12.8 Å². The van der Waals surface area contributed by atoms with Crippen LogP contribution >= 0.6 is 0 Å². The van der Waals surface area contributed by atoms with Crippen molar-refractivity contribution in [3.8, 4) is 5.75 Å². The van der Waals surface area contributed by atoms with Gasteiger partial charge in [0.1, 0.15) is 18.1 Å². The molecule has 0 aliphatic heterocycles. The first-order valence-corrected chi connectivity index (χ1v) is 7.23. The predicted molar refractivity (Wildman–Crippen MR) is 81.0 cm³/mol. The monoisotopic (exact) mass is 307 g/mol. The van der Waals surface area contributed by atoms with Gasteiger partial charge in [0.2, 0.25) is 0 Å². The van der Waals surface area contributed by atoms with Gasteiger partial charge in [0, 0.05) is 5.56 Å². The molecule has 120 valence electrons. The van der Waals surface area contributed by atoms with Gasteiger partial charge in [-0.2, -0.15) is 0 Å². The maximum absolute atomic E-state index is 12.0. The summed E-state index contributed by atoms with van der Waals surface area (Å²) in [5.74, 6) is -1.10. The highest BCUT2D eigenvalue weighted by Gasteiger charge is 2.23. The molecule has 0 saturated carbocycles. The van der Waals surface area contributed by atoms with E-state index in [1.807, 2.05) is 6.92 Å². The number of nitrogens with one attached hydrogen (secondary N) is 1. The Bertz CT molecular complexity index is 512. The van der Waals surface area contributed by atoms with Crippen LogP contribution in [0, 0.1) is 0 Å². The molecule has 0 aromatic heterocycles. The normalized spacial score (nSPS) is 13.0. The van der Waals surface area contributed by atoms with Crippen LogP contribution in [0.2, 0.25) is 0 Å². The van der Waals surface area contributed by atoms with Crippen molar-refractivity contribution in [2.45, 2.75) is 45.3 Å². The Hall–Kier alpha value is -2.37. The molecule has 0 bridgehead atoms. The standard InChI is InChI=1S/C16H21NO5/c1-3-4-5-14(16(20)21)17-15(19)11(2)22-13-8-6-12(10-18)7-9-13/h6-11,14H,3-5H2,1-2H3,(H,17,19)(H,20,21). The van der Waals surface area contributed by atoms with Crippen molar-refractivity contribution < 1.29 is 24.2 Å². The van der Waals surface area contributed by atoms with Crippen molar-refractivity contribution in [3.05, 3.63) is 29.8 Å². The lowest BCUT2D eigenvalue weighted by Gasteiger charge is -2.18. The first-order valence-electron chi connectivity index (χ1n) is 7.23. The molecule has 0 saturated heterocycles. The number of carboxylic acids is 1. The van der Waals surface area contributed by atoms with Gasteiger partial charge in [-0.15, -0.1) is 0 Å². The second-order valence-electron chi connectivity index (χ2n) is 4.99. The number of aliphatic carboxylic acids is 1. The van der Waals surface area contributed by atoms with Crippen LogP contribution in [0.5, 0.6) is 5.75 Å². The number of carboxylic acid groups (broad SMARTS) is 1.